The molecule has 0 radical (unpaired) electrons. The summed E-state index contributed by atoms with van der Waals surface area (Å²) in [5.41, 5.74) is 0. The molecule has 0 aromatic carbocycles. The third-order valence-electron chi connectivity index (χ3n) is 3.36. The summed E-state index contributed by atoms with van der Waals surface area (Å²) < 4.78 is 4.59. The van der Waals surface area contributed by atoms with E-state index in [0.717, 1.165) is 44.9 Å². The predicted octanol–water partition coefficient (Wildman–Crippen LogP) is 5.48. The largest absolute Gasteiger partial charge is 0.469 e. The number of hydrogen-bond acceptors (Lipinski definition) is 3. The summed E-state index contributed by atoms with van der Waals surface area (Å²) in [5.74, 6) is 0.132. The van der Waals surface area contributed by atoms with E-state index >= 15 is 0 Å². The molecular formula is C21H32O3. The summed E-state index contributed by atoms with van der Waals surface area (Å²) in [5, 5.41) is 0. The Kier molecular flexibility index (Phi) is 16.1. The summed E-state index contributed by atoms with van der Waals surface area (Å²) in [6.45, 7) is 1.64. The quantitative estimate of drug-likeness (QED) is 0.240. The Hall–Kier alpha value is -1.90. The van der Waals surface area contributed by atoms with E-state index in [0.29, 0.717) is 12.8 Å². The van der Waals surface area contributed by atoms with Crippen LogP contribution in [0.15, 0.2) is 48.6 Å². The van der Waals surface area contributed by atoms with Gasteiger partial charge in [0.2, 0.25) is 0 Å². The number of allylic oxidation sites excluding steroid dienone is 8. The van der Waals surface area contributed by atoms with Gasteiger partial charge in [-0.3, -0.25) is 4.79 Å². The van der Waals surface area contributed by atoms with Crippen molar-refractivity contribution in [2.75, 3.05) is 7.11 Å². The Balaban J connectivity index is 3.46. The van der Waals surface area contributed by atoms with Crippen LogP contribution < -0.4 is 0 Å². The average molecular weight is 332 g/mol. The number of Topliss-reactive ketones (excluding diaryl/α,β-unsaturated/α-hetero) is 1. The van der Waals surface area contributed by atoms with Gasteiger partial charge in [-0.1, -0.05) is 48.6 Å². The Morgan fingerprint density at radius 3 is 1.54 bits per heavy atom. The van der Waals surface area contributed by atoms with Crippen LogP contribution in [0.4, 0.5) is 0 Å². The molecule has 0 atom stereocenters. The lowest BCUT2D eigenvalue weighted by molar-refractivity contribution is -0.140. The third-order valence-corrected chi connectivity index (χ3v) is 3.36. The summed E-state index contributed by atoms with van der Waals surface area (Å²) in [6, 6.07) is 0. The molecule has 0 amide bonds. The molecular weight excluding hydrogens is 300 g/mol. The van der Waals surface area contributed by atoms with E-state index < -0.39 is 0 Å². The average Bonchev–Trinajstić information content (AvgIpc) is 2.57. The van der Waals surface area contributed by atoms with Crippen molar-refractivity contribution in [1.29, 1.82) is 0 Å². The van der Waals surface area contributed by atoms with Crippen molar-refractivity contribution >= 4 is 11.8 Å². The summed E-state index contributed by atoms with van der Waals surface area (Å²) in [7, 11) is 1.42. The number of esters is 1. The molecule has 0 aromatic rings. The topological polar surface area (TPSA) is 43.4 Å². The first-order valence-corrected chi connectivity index (χ1v) is 8.83. The summed E-state index contributed by atoms with van der Waals surface area (Å²) in [4.78, 5) is 21.7. The molecule has 0 heterocycles. The molecule has 0 spiro atoms. The van der Waals surface area contributed by atoms with Gasteiger partial charge in [0.1, 0.15) is 5.78 Å². The molecule has 0 bridgehead atoms. The van der Waals surface area contributed by atoms with Crippen LogP contribution >= 0.6 is 0 Å². The zero-order valence-corrected chi connectivity index (χ0v) is 15.2. The smallest absolute Gasteiger partial charge is 0.305 e. The molecule has 0 saturated heterocycles. The minimum Gasteiger partial charge on any atom is -0.469 e. The van der Waals surface area contributed by atoms with Gasteiger partial charge in [0, 0.05) is 12.8 Å². The number of ether oxygens (including phenoxy) is 1. The molecule has 0 aliphatic heterocycles. The van der Waals surface area contributed by atoms with E-state index in [1.807, 2.05) is 0 Å². The van der Waals surface area contributed by atoms with Gasteiger partial charge in [0.25, 0.3) is 0 Å². The minimum absolute atomic E-state index is 0.138. The highest BCUT2D eigenvalue weighted by Crippen LogP contribution is 2.01. The summed E-state index contributed by atoms with van der Waals surface area (Å²) in [6.07, 6.45) is 24.9. The normalized spacial score (nSPS) is 12.1. The number of carbonyl (C=O) groups excluding carboxylic acids is 2. The second-order valence-electron chi connectivity index (χ2n) is 5.66. The zero-order chi connectivity index (χ0) is 17.9. The molecule has 0 aromatic heterocycles. The first kappa shape index (κ1) is 22.1. The maximum Gasteiger partial charge on any atom is 0.305 e. The Morgan fingerprint density at radius 2 is 1.12 bits per heavy atom. The Labute approximate surface area is 147 Å². The number of ketones is 1. The van der Waals surface area contributed by atoms with Gasteiger partial charge in [0.05, 0.1) is 7.11 Å². The third kappa shape index (κ3) is 18.1. The lowest BCUT2D eigenvalue weighted by Gasteiger charge is -1.95. The fourth-order valence-electron chi connectivity index (χ4n) is 1.98. The lowest BCUT2D eigenvalue weighted by Crippen LogP contribution is -1.98. The van der Waals surface area contributed by atoms with Gasteiger partial charge in [-0.05, 0) is 51.9 Å². The molecule has 0 aliphatic rings. The first-order chi connectivity index (χ1) is 11.7. The van der Waals surface area contributed by atoms with Crippen LogP contribution in [0.1, 0.15) is 64.7 Å². The van der Waals surface area contributed by atoms with Crippen LogP contribution in [0.25, 0.3) is 0 Å². The number of hydrogen-bond donors (Lipinski definition) is 0. The van der Waals surface area contributed by atoms with Crippen molar-refractivity contribution in [2.24, 2.45) is 0 Å². The molecule has 0 rings (SSSR count). The predicted molar refractivity (Wildman–Crippen MR) is 101 cm³/mol. The lowest BCUT2D eigenvalue weighted by atomic mass is 10.2. The molecule has 0 fully saturated rings. The maximum absolute atomic E-state index is 10.9. The molecule has 3 heteroatoms. The molecule has 0 unspecified atom stereocenters. The van der Waals surface area contributed by atoms with Crippen LogP contribution in [-0.2, 0) is 14.3 Å². The van der Waals surface area contributed by atoms with Crippen LogP contribution in [-0.4, -0.2) is 18.9 Å². The number of methoxy groups -OCH3 is 1. The van der Waals surface area contributed by atoms with Gasteiger partial charge in [-0.2, -0.15) is 0 Å². The molecule has 0 aliphatic carbocycles. The zero-order valence-electron chi connectivity index (χ0n) is 15.2. The van der Waals surface area contributed by atoms with E-state index in [1.54, 1.807) is 6.92 Å². The van der Waals surface area contributed by atoms with Crippen LogP contribution in [0.2, 0.25) is 0 Å². The van der Waals surface area contributed by atoms with Crippen molar-refractivity contribution < 1.29 is 14.3 Å². The molecule has 3 nitrogen and oxygen atoms in total. The van der Waals surface area contributed by atoms with E-state index in [1.165, 1.54) is 7.11 Å². The second-order valence-corrected chi connectivity index (χ2v) is 5.66. The molecule has 0 N–H and O–H groups in total. The number of rotatable bonds is 14. The van der Waals surface area contributed by atoms with Crippen molar-refractivity contribution in [3.8, 4) is 0 Å². The second kappa shape index (κ2) is 17.5. The molecule has 0 saturated carbocycles. The SMILES string of the molecule is COC(=O)CCC/C=C\C/C=C\C/C=C\C/C=C\CCCC(C)=O. The Morgan fingerprint density at radius 1 is 0.708 bits per heavy atom. The maximum atomic E-state index is 10.9. The Bertz CT molecular complexity index is 442. The molecule has 134 valence electrons. The standard InChI is InChI=1S/C21H32O3/c1-20(22)18-16-14-12-10-8-6-4-3-5-7-9-11-13-15-17-19-21(23)24-2/h4-7,10-13H,3,8-9,14-19H2,1-2H3/b6-4-,7-5-,12-10-,13-11-. The highest BCUT2D eigenvalue weighted by molar-refractivity contribution is 5.75. The first-order valence-electron chi connectivity index (χ1n) is 8.83. The number of unbranched alkanes of at least 4 members (excludes halogenated alkanes) is 2. The van der Waals surface area contributed by atoms with Crippen LogP contribution in [0, 0.1) is 0 Å². The van der Waals surface area contributed by atoms with Gasteiger partial charge in [-0.25, -0.2) is 0 Å². The van der Waals surface area contributed by atoms with Gasteiger partial charge in [0.15, 0.2) is 0 Å². The van der Waals surface area contributed by atoms with E-state index in [9.17, 15) is 9.59 Å². The summed E-state index contributed by atoms with van der Waals surface area (Å²) >= 11 is 0. The van der Waals surface area contributed by atoms with Crippen molar-refractivity contribution in [3.05, 3.63) is 48.6 Å². The monoisotopic (exact) mass is 332 g/mol. The highest BCUT2D eigenvalue weighted by atomic mass is 16.5. The highest BCUT2D eigenvalue weighted by Gasteiger charge is 1.96. The van der Waals surface area contributed by atoms with Crippen LogP contribution in [0.5, 0.6) is 0 Å². The number of carbonyl (C=O) groups is 2. The van der Waals surface area contributed by atoms with E-state index in [4.69, 9.17) is 0 Å². The van der Waals surface area contributed by atoms with Crippen LogP contribution in [0.3, 0.4) is 0 Å². The minimum atomic E-state index is -0.138. The van der Waals surface area contributed by atoms with Crippen molar-refractivity contribution in [2.45, 2.75) is 64.7 Å². The van der Waals surface area contributed by atoms with Gasteiger partial charge >= 0.3 is 5.97 Å². The fourth-order valence-corrected chi connectivity index (χ4v) is 1.98. The van der Waals surface area contributed by atoms with Gasteiger partial charge in [-0.15, -0.1) is 0 Å². The van der Waals surface area contributed by atoms with Gasteiger partial charge < -0.3 is 9.53 Å². The molecule has 24 heavy (non-hydrogen) atoms. The van der Waals surface area contributed by atoms with E-state index in [-0.39, 0.29) is 11.8 Å². The van der Waals surface area contributed by atoms with E-state index in [2.05, 4.69) is 53.3 Å². The fraction of sp³-hybridized carbons (Fsp3) is 0.524. The van der Waals surface area contributed by atoms with Crippen molar-refractivity contribution in [1.82, 2.24) is 0 Å². The van der Waals surface area contributed by atoms with Crippen molar-refractivity contribution in [3.63, 3.8) is 0 Å².